The maximum absolute atomic E-state index is 13.4. The van der Waals surface area contributed by atoms with Crippen molar-refractivity contribution in [2.75, 3.05) is 13.7 Å². The van der Waals surface area contributed by atoms with Crippen LogP contribution in [0.4, 0.5) is 4.39 Å². The van der Waals surface area contributed by atoms with E-state index in [2.05, 4.69) is 0 Å². The quantitative estimate of drug-likeness (QED) is 0.886. The van der Waals surface area contributed by atoms with Crippen molar-refractivity contribution in [3.05, 3.63) is 28.5 Å². The lowest BCUT2D eigenvalue weighted by molar-refractivity contribution is 0.251. The van der Waals surface area contributed by atoms with Gasteiger partial charge >= 0.3 is 0 Å². The summed E-state index contributed by atoms with van der Waals surface area (Å²) in [5, 5.41) is 0.494. The molecule has 2 nitrogen and oxygen atoms in total. The van der Waals surface area contributed by atoms with E-state index in [1.807, 2.05) is 0 Å². The SMILES string of the molecule is COc1cc(F)cc(C2(CN)CCC2)c1Cl. The fourth-order valence-electron chi connectivity index (χ4n) is 2.29. The lowest BCUT2D eigenvalue weighted by Crippen LogP contribution is -2.41. The van der Waals surface area contributed by atoms with Crippen molar-refractivity contribution >= 4 is 11.6 Å². The van der Waals surface area contributed by atoms with Crippen LogP contribution in [-0.2, 0) is 5.41 Å². The van der Waals surface area contributed by atoms with E-state index in [0.29, 0.717) is 17.3 Å². The molecular formula is C12H15ClFNO. The Hall–Kier alpha value is -0.800. The minimum Gasteiger partial charge on any atom is -0.495 e. The molecule has 1 fully saturated rings. The first-order valence-corrected chi connectivity index (χ1v) is 5.74. The van der Waals surface area contributed by atoms with E-state index in [1.54, 1.807) is 0 Å². The number of benzene rings is 1. The van der Waals surface area contributed by atoms with E-state index in [0.717, 1.165) is 24.8 Å². The first-order chi connectivity index (χ1) is 7.63. The highest BCUT2D eigenvalue weighted by molar-refractivity contribution is 6.33. The molecule has 1 aliphatic rings. The van der Waals surface area contributed by atoms with Crippen molar-refractivity contribution in [2.24, 2.45) is 5.73 Å². The molecule has 0 saturated heterocycles. The highest BCUT2D eigenvalue weighted by Crippen LogP contribution is 2.47. The molecule has 88 valence electrons. The van der Waals surface area contributed by atoms with Crippen LogP contribution in [0.1, 0.15) is 24.8 Å². The zero-order valence-electron chi connectivity index (χ0n) is 9.22. The average Bonchev–Trinajstić information content (AvgIpc) is 2.21. The topological polar surface area (TPSA) is 35.2 Å². The highest BCUT2D eigenvalue weighted by atomic mass is 35.5. The van der Waals surface area contributed by atoms with Crippen molar-refractivity contribution < 1.29 is 9.13 Å². The van der Waals surface area contributed by atoms with Crippen molar-refractivity contribution in [3.8, 4) is 5.75 Å². The maximum Gasteiger partial charge on any atom is 0.140 e. The summed E-state index contributed by atoms with van der Waals surface area (Å²) in [5.41, 5.74) is 6.43. The van der Waals surface area contributed by atoms with E-state index in [9.17, 15) is 4.39 Å². The molecule has 0 spiro atoms. The standard InChI is InChI=1S/C12H15ClFNO/c1-16-10-6-8(14)5-9(11(10)13)12(7-15)3-2-4-12/h5-6H,2-4,7,15H2,1H3. The fraction of sp³-hybridized carbons (Fsp3) is 0.500. The number of methoxy groups -OCH3 is 1. The van der Waals surface area contributed by atoms with Gasteiger partial charge in [-0.15, -0.1) is 0 Å². The molecule has 0 bridgehead atoms. The predicted octanol–water partition coefficient (Wildman–Crippen LogP) is 2.87. The third kappa shape index (κ3) is 1.68. The van der Waals surface area contributed by atoms with Gasteiger partial charge in [-0.3, -0.25) is 0 Å². The van der Waals surface area contributed by atoms with E-state index in [4.69, 9.17) is 22.1 Å². The average molecular weight is 244 g/mol. The Morgan fingerprint density at radius 3 is 2.62 bits per heavy atom. The van der Waals surface area contributed by atoms with Gasteiger partial charge in [0.15, 0.2) is 0 Å². The van der Waals surface area contributed by atoms with E-state index >= 15 is 0 Å². The van der Waals surface area contributed by atoms with Crippen LogP contribution in [-0.4, -0.2) is 13.7 Å². The second kappa shape index (κ2) is 4.22. The van der Waals surface area contributed by atoms with Gasteiger partial charge in [0.2, 0.25) is 0 Å². The number of ether oxygens (including phenoxy) is 1. The van der Waals surface area contributed by atoms with Gasteiger partial charge in [-0.25, -0.2) is 4.39 Å². The summed E-state index contributed by atoms with van der Waals surface area (Å²) in [6, 6.07) is 2.78. The third-order valence-electron chi connectivity index (χ3n) is 3.50. The van der Waals surface area contributed by atoms with Crippen LogP contribution in [0.3, 0.4) is 0 Å². The molecular weight excluding hydrogens is 229 g/mol. The van der Waals surface area contributed by atoms with Gasteiger partial charge in [0, 0.05) is 18.0 Å². The molecule has 4 heteroatoms. The van der Waals surface area contributed by atoms with Gasteiger partial charge in [-0.05, 0) is 24.5 Å². The lowest BCUT2D eigenvalue weighted by Gasteiger charge is -2.42. The molecule has 0 amide bonds. The summed E-state index contributed by atoms with van der Waals surface area (Å²) in [4.78, 5) is 0. The largest absolute Gasteiger partial charge is 0.495 e. The van der Waals surface area contributed by atoms with E-state index in [1.165, 1.54) is 19.2 Å². The Bertz CT molecular complexity index is 399. The van der Waals surface area contributed by atoms with Crippen molar-refractivity contribution in [2.45, 2.75) is 24.7 Å². The maximum atomic E-state index is 13.4. The van der Waals surface area contributed by atoms with Crippen LogP contribution in [0.15, 0.2) is 12.1 Å². The second-order valence-corrected chi connectivity index (χ2v) is 4.69. The molecule has 1 aromatic carbocycles. The predicted molar refractivity (Wildman–Crippen MR) is 62.5 cm³/mol. The fourth-order valence-corrected chi connectivity index (χ4v) is 2.67. The Balaban J connectivity index is 2.51. The molecule has 2 N–H and O–H groups in total. The first-order valence-electron chi connectivity index (χ1n) is 5.36. The van der Waals surface area contributed by atoms with Crippen molar-refractivity contribution in [1.29, 1.82) is 0 Å². The zero-order valence-corrected chi connectivity index (χ0v) is 9.98. The smallest absolute Gasteiger partial charge is 0.140 e. The molecule has 0 unspecified atom stereocenters. The number of nitrogens with two attached hydrogens (primary N) is 1. The Labute approximate surface area is 99.5 Å². The molecule has 1 saturated carbocycles. The third-order valence-corrected chi connectivity index (χ3v) is 3.89. The number of halogens is 2. The molecule has 0 aromatic heterocycles. The van der Waals surface area contributed by atoms with Crippen molar-refractivity contribution in [1.82, 2.24) is 0 Å². The Morgan fingerprint density at radius 1 is 1.50 bits per heavy atom. The van der Waals surface area contributed by atoms with E-state index < -0.39 is 0 Å². The molecule has 0 radical (unpaired) electrons. The molecule has 1 aromatic rings. The second-order valence-electron chi connectivity index (χ2n) is 4.31. The summed E-state index contributed by atoms with van der Waals surface area (Å²) in [6.45, 7) is 0.499. The molecule has 0 heterocycles. The van der Waals surface area contributed by atoms with Crippen LogP contribution < -0.4 is 10.5 Å². The minimum atomic E-state index is -0.323. The van der Waals surface area contributed by atoms with Crippen LogP contribution in [0, 0.1) is 5.82 Å². The molecule has 0 atom stereocenters. The monoisotopic (exact) mass is 243 g/mol. The number of rotatable bonds is 3. The van der Waals surface area contributed by atoms with E-state index in [-0.39, 0.29) is 11.2 Å². The van der Waals surface area contributed by atoms with Gasteiger partial charge in [-0.1, -0.05) is 18.0 Å². The van der Waals surface area contributed by atoms with Gasteiger partial charge in [0.05, 0.1) is 12.1 Å². The molecule has 16 heavy (non-hydrogen) atoms. The van der Waals surface area contributed by atoms with Gasteiger partial charge in [0.1, 0.15) is 11.6 Å². The number of hydrogen-bond acceptors (Lipinski definition) is 2. The summed E-state index contributed by atoms with van der Waals surface area (Å²) in [5.74, 6) is 0.0624. The Morgan fingerprint density at radius 2 is 2.19 bits per heavy atom. The zero-order chi connectivity index (χ0) is 11.8. The molecule has 0 aliphatic heterocycles. The first kappa shape index (κ1) is 11.7. The summed E-state index contributed by atoms with van der Waals surface area (Å²) < 4.78 is 18.5. The lowest BCUT2D eigenvalue weighted by atomic mass is 9.64. The molecule has 1 aliphatic carbocycles. The van der Waals surface area contributed by atoms with Crippen LogP contribution in [0.25, 0.3) is 0 Å². The minimum absolute atomic E-state index is 0.146. The summed E-state index contributed by atoms with van der Waals surface area (Å²) >= 11 is 6.21. The van der Waals surface area contributed by atoms with Crippen molar-refractivity contribution in [3.63, 3.8) is 0 Å². The van der Waals surface area contributed by atoms with Gasteiger partial charge < -0.3 is 10.5 Å². The Kier molecular flexibility index (Phi) is 3.08. The molecule has 2 rings (SSSR count). The van der Waals surface area contributed by atoms with Crippen LogP contribution in [0.5, 0.6) is 5.75 Å². The number of hydrogen-bond donors (Lipinski definition) is 1. The normalized spacial score (nSPS) is 18.0. The highest BCUT2D eigenvalue weighted by Gasteiger charge is 2.39. The summed E-state index contributed by atoms with van der Waals surface area (Å²) in [6.07, 6.45) is 3.05. The van der Waals surface area contributed by atoms with Crippen LogP contribution in [0.2, 0.25) is 5.02 Å². The van der Waals surface area contributed by atoms with Gasteiger partial charge in [0.25, 0.3) is 0 Å². The van der Waals surface area contributed by atoms with Crippen LogP contribution >= 0.6 is 11.6 Å². The summed E-state index contributed by atoms with van der Waals surface area (Å²) in [7, 11) is 1.49. The van der Waals surface area contributed by atoms with Gasteiger partial charge in [-0.2, -0.15) is 0 Å².